The molecule has 1 amide bonds. The molecule has 2 aromatic carbocycles. The van der Waals surface area contributed by atoms with E-state index in [0.717, 1.165) is 30.9 Å². The number of amides is 1. The largest absolute Gasteiger partial charge is 0.398 e. The lowest BCUT2D eigenvalue weighted by molar-refractivity contribution is -0.0404. The molecule has 3 N–H and O–H groups in total. The van der Waals surface area contributed by atoms with E-state index in [9.17, 15) is 4.79 Å². The molecule has 4 nitrogen and oxygen atoms in total. The number of rotatable bonds is 4. The summed E-state index contributed by atoms with van der Waals surface area (Å²) in [6, 6.07) is 15.4. The molecule has 1 atom stereocenters. The molecule has 2 heterocycles. The molecule has 0 aromatic heterocycles. The minimum atomic E-state index is -0.206. The Morgan fingerprint density at radius 1 is 1.19 bits per heavy atom. The summed E-state index contributed by atoms with van der Waals surface area (Å²) < 4.78 is 0. The van der Waals surface area contributed by atoms with E-state index in [-0.39, 0.29) is 17.5 Å². The maximum absolute atomic E-state index is 13.2. The zero-order chi connectivity index (χ0) is 19.0. The molecule has 0 spiro atoms. The van der Waals surface area contributed by atoms with E-state index in [1.807, 2.05) is 18.2 Å². The normalized spacial score (nSPS) is 25.9. The second-order valence-electron chi connectivity index (χ2n) is 7.95. The van der Waals surface area contributed by atoms with Crippen molar-refractivity contribution < 1.29 is 4.79 Å². The van der Waals surface area contributed by atoms with E-state index >= 15 is 0 Å². The van der Waals surface area contributed by atoms with Gasteiger partial charge in [-0.05, 0) is 56.3 Å². The Bertz CT molecular complexity index is 810. The molecule has 2 saturated heterocycles. The monoisotopic (exact) mass is 383 g/mol. The van der Waals surface area contributed by atoms with Crippen molar-refractivity contribution >= 4 is 23.2 Å². The fourth-order valence-corrected chi connectivity index (χ4v) is 5.24. The Hall–Kier alpha value is -2.04. The third-order valence-corrected chi connectivity index (χ3v) is 6.80. The van der Waals surface area contributed by atoms with Gasteiger partial charge < -0.3 is 11.1 Å². The number of fused-ring (bicyclic) bond motifs is 3. The van der Waals surface area contributed by atoms with Crippen molar-refractivity contribution in [3.63, 3.8) is 0 Å². The number of halogens is 1. The Balaban J connectivity index is 1.72. The number of nitrogen functional groups attached to an aromatic ring is 1. The fourth-order valence-electron chi connectivity index (χ4n) is 4.98. The molecule has 2 aromatic rings. The van der Waals surface area contributed by atoms with Gasteiger partial charge in [0.2, 0.25) is 0 Å². The smallest absolute Gasteiger partial charge is 0.255 e. The van der Waals surface area contributed by atoms with Crippen LogP contribution in [0.15, 0.2) is 48.5 Å². The summed E-state index contributed by atoms with van der Waals surface area (Å²) in [7, 11) is 2.19. The summed E-state index contributed by atoms with van der Waals surface area (Å²) in [5.74, 6) is 0.575. The van der Waals surface area contributed by atoms with E-state index in [1.54, 1.807) is 18.2 Å². The van der Waals surface area contributed by atoms with Crippen molar-refractivity contribution in [2.24, 2.45) is 5.92 Å². The Morgan fingerprint density at radius 2 is 1.89 bits per heavy atom. The molecule has 2 aliphatic heterocycles. The van der Waals surface area contributed by atoms with Crippen molar-refractivity contribution in [1.29, 1.82) is 0 Å². The summed E-state index contributed by atoms with van der Waals surface area (Å²) in [6.07, 6.45) is 4.62. The number of anilines is 1. The second-order valence-corrected chi connectivity index (χ2v) is 8.36. The number of nitrogens with one attached hydrogen (secondary N) is 1. The molecule has 1 aliphatic carbocycles. The van der Waals surface area contributed by atoms with Crippen LogP contribution >= 0.6 is 11.6 Å². The topological polar surface area (TPSA) is 58.4 Å². The van der Waals surface area contributed by atoms with Gasteiger partial charge in [0.1, 0.15) is 0 Å². The summed E-state index contributed by atoms with van der Waals surface area (Å²) in [5, 5.41) is 3.69. The van der Waals surface area contributed by atoms with E-state index in [0.29, 0.717) is 16.3 Å². The van der Waals surface area contributed by atoms with E-state index in [4.69, 9.17) is 17.3 Å². The first kappa shape index (κ1) is 18.3. The standard InChI is InChI=1S/C22H26ClN3O/c1-26-14-15-10-12-22(26,13-11-15)20(16-6-3-2-4-7-16)25-21(27)19-17(23)8-5-9-18(19)24/h2-9,15,20H,10-14,24H2,1H3,(H,25,27)/t15?,20-,22?/m1/s1. The molecule has 5 heteroatoms. The number of nitrogens with two attached hydrogens (primary N) is 1. The van der Waals surface area contributed by atoms with Gasteiger partial charge in [0.25, 0.3) is 5.91 Å². The van der Waals surface area contributed by atoms with Crippen LogP contribution in [0, 0.1) is 5.92 Å². The molecule has 142 valence electrons. The number of carbonyl (C=O) groups excluding carboxylic acids is 1. The minimum absolute atomic E-state index is 0.0677. The highest BCUT2D eigenvalue weighted by Gasteiger charge is 2.50. The molecule has 27 heavy (non-hydrogen) atoms. The maximum atomic E-state index is 13.2. The fraction of sp³-hybridized carbons (Fsp3) is 0.409. The maximum Gasteiger partial charge on any atom is 0.255 e. The van der Waals surface area contributed by atoms with Crippen molar-refractivity contribution in [3.8, 4) is 0 Å². The van der Waals surface area contributed by atoms with E-state index in [1.165, 1.54) is 12.8 Å². The molecule has 5 rings (SSSR count). The van der Waals surface area contributed by atoms with Crippen molar-refractivity contribution in [1.82, 2.24) is 10.2 Å². The first-order valence-corrected chi connectivity index (χ1v) is 10.00. The van der Waals surface area contributed by atoms with Crippen LogP contribution in [-0.2, 0) is 0 Å². The Kier molecular flexibility index (Phi) is 4.87. The van der Waals surface area contributed by atoms with Crippen LogP contribution in [0.5, 0.6) is 0 Å². The van der Waals surface area contributed by atoms with Crippen LogP contribution in [0.25, 0.3) is 0 Å². The Morgan fingerprint density at radius 3 is 2.52 bits per heavy atom. The number of benzene rings is 2. The predicted molar refractivity (Wildman–Crippen MR) is 110 cm³/mol. The molecular formula is C22H26ClN3O. The average Bonchev–Trinajstić information content (AvgIpc) is 2.67. The molecule has 0 unspecified atom stereocenters. The zero-order valence-corrected chi connectivity index (χ0v) is 16.4. The number of nitrogens with zero attached hydrogens (tertiary/aromatic N) is 1. The van der Waals surface area contributed by atoms with Gasteiger partial charge in [-0.15, -0.1) is 0 Å². The van der Waals surface area contributed by atoms with Crippen LogP contribution in [-0.4, -0.2) is 29.9 Å². The molecule has 0 radical (unpaired) electrons. The highest BCUT2D eigenvalue weighted by atomic mass is 35.5. The van der Waals surface area contributed by atoms with Crippen LogP contribution in [0.2, 0.25) is 5.02 Å². The number of likely N-dealkylation sites (N-methyl/N-ethyl adjacent to an activating group) is 1. The molecule has 2 bridgehead atoms. The molecule has 1 saturated carbocycles. The van der Waals surface area contributed by atoms with Gasteiger partial charge in [-0.2, -0.15) is 0 Å². The number of piperidine rings is 2. The molecule has 3 fully saturated rings. The summed E-state index contributed by atoms with van der Waals surface area (Å²) in [4.78, 5) is 15.7. The Labute approximate surface area is 165 Å². The lowest BCUT2D eigenvalue weighted by atomic mass is 9.66. The number of hydrogen-bond acceptors (Lipinski definition) is 3. The third-order valence-electron chi connectivity index (χ3n) is 6.48. The first-order valence-electron chi connectivity index (χ1n) is 9.62. The van der Waals surface area contributed by atoms with Gasteiger partial charge in [0, 0.05) is 17.8 Å². The van der Waals surface area contributed by atoms with Crippen molar-refractivity contribution in [2.75, 3.05) is 19.3 Å². The quantitative estimate of drug-likeness (QED) is 0.775. The minimum Gasteiger partial charge on any atom is -0.398 e. The van der Waals surface area contributed by atoms with Gasteiger partial charge in [0.05, 0.1) is 16.6 Å². The molecular weight excluding hydrogens is 358 g/mol. The molecule has 3 aliphatic rings. The van der Waals surface area contributed by atoms with Crippen LogP contribution in [0.1, 0.15) is 47.6 Å². The van der Waals surface area contributed by atoms with Crippen molar-refractivity contribution in [3.05, 3.63) is 64.7 Å². The summed E-state index contributed by atoms with van der Waals surface area (Å²) >= 11 is 6.29. The average molecular weight is 384 g/mol. The van der Waals surface area contributed by atoms with Crippen LogP contribution in [0.3, 0.4) is 0 Å². The zero-order valence-electron chi connectivity index (χ0n) is 15.6. The highest BCUT2D eigenvalue weighted by Crippen LogP contribution is 2.49. The van der Waals surface area contributed by atoms with Gasteiger partial charge in [-0.3, -0.25) is 9.69 Å². The predicted octanol–water partition coefficient (Wildman–Crippen LogP) is 4.27. The highest BCUT2D eigenvalue weighted by molar-refractivity contribution is 6.34. The van der Waals surface area contributed by atoms with Gasteiger partial charge in [-0.1, -0.05) is 48.0 Å². The van der Waals surface area contributed by atoms with Gasteiger partial charge >= 0.3 is 0 Å². The lowest BCUT2D eigenvalue weighted by Gasteiger charge is -2.57. The van der Waals surface area contributed by atoms with Crippen molar-refractivity contribution in [2.45, 2.75) is 37.3 Å². The first-order chi connectivity index (χ1) is 13.0. The van der Waals surface area contributed by atoms with E-state index < -0.39 is 0 Å². The number of hydrogen-bond donors (Lipinski definition) is 2. The summed E-state index contributed by atoms with van der Waals surface area (Å²) in [5.41, 5.74) is 7.89. The van der Waals surface area contributed by atoms with Crippen LogP contribution in [0.4, 0.5) is 5.69 Å². The summed E-state index contributed by atoms with van der Waals surface area (Å²) in [6.45, 7) is 1.09. The second kappa shape index (κ2) is 7.17. The van der Waals surface area contributed by atoms with Crippen LogP contribution < -0.4 is 11.1 Å². The van der Waals surface area contributed by atoms with E-state index in [2.05, 4.69) is 29.4 Å². The lowest BCUT2D eigenvalue weighted by Crippen LogP contribution is -2.62. The third kappa shape index (κ3) is 3.21. The van der Waals surface area contributed by atoms with Gasteiger partial charge in [-0.25, -0.2) is 0 Å². The SMILES string of the molecule is CN1CC2CCC1([C@H](NC(=O)c1c(N)cccc1Cl)c1ccccc1)CC2. The van der Waals surface area contributed by atoms with Gasteiger partial charge in [0.15, 0.2) is 0 Å². The number of carbonyl (C=O) groups is 1.